The van der Waals surface area contributed by atoms with Crippen LogP contribution in [-0.2, 0) is 10.0 Å². The average Bonchev–Trinajstić information content (AvgIpc) is 3.85. The summed E-state index contributed by atoms with van der Waals surface area (Å²) < 4.78 is 42.0. The second kappa shape index (κ2) is 12.1. The van der Waals surface area contributed by atoms with Gasteiger partial charge in [-0.15, -0.1) is 0 Å². The molecule has 1 unspecified atom stereocenters. The van der Waals surface area contributed by atoms with E-state index in [4.69, 9.17) is 0 Å². The van der Waals surface area contributed by atoms with Crippen LogP contribution in [0.4, 0.5) is 4.39 Å². The van der Waals surface area contributed by atoms with Crippen LogP contribution in [0, 0.1) is 25.6 Å². The number of aromatic nitrogens is 2. The number of piperidine rings is 2. The van der Waals surface area contributed by atoms with Crippen LogP contribution >= 0.6 is 0 Å². The van der Waals surface area contributed by atoms with Crippen molar-refractivity contribution < 1.29 is 17.6 Å². The summed E-state index contributed by atoms with van der Waals surface area (Å²) in [4.78, 5) is 28.6. The van der Waals surface area contributed by atoms with Crippen LogP contribution in [0.1, 0.15) is 78.8 Å². The van der Waals surface area contributed by atoms with Gasteiger partial charge in [0.2, 0.25) is 10.0 Å². The predicted molar refractivity (Wildman–Crippen MR) is 168 cm³/mol. The number of halogens is 1. The summed E-state index contributed by atoms with van der Waals surface area (Å²) in [6.45, 7) is 15.2. The van der Waals surface area contributed by atoms with Gasteiger partial charge in [-0.3, -0.25) is 9.69 Å². The molecule has 4 fully saturated rings. The predicted octanol–water partition coefficient (Wildman–Crippen LogP) is 4.30. The van der Waals surface area contributed by atoms with Gasteiger partial charge in [-0.1, -0.05) is 18.7 Å². The Hall–Kier alpha value is -2.89. The molecule has 44 heavy (non-hydrogen) atoms. The van der Waals surface area contributed by atoms with Gasteiger partial charge in [0.05, 0.1) is 28.2 Å². The largest absolute Gasteiger partial charge is 0.366 e. The monoisotopic (exact) mass is 624 g/mol. The quantitative estimate of drug-likeness (QED) is 0.454. The normalized spacial score (nSPS) is 23.1. The number of benzene rings is 1. The van der Waals surface area contributed by atoms with E-state index in [9.17, 15) is 17.6 Å². The molecule has 1 aromatic carbocycles. The van der Waals surface area contributed by atoms with Crippen molar-refractivity contribution in [1.82, 2.24) is 29.0 Å². The number of aryl methyl sites for hydroxylation is 2. The molecule has 1 aliphatic carbocycles. The molecule has 3 aliphatic heterocycles. The van der Waals surface area contributed by atoms with E-state index in [0.717, 1.165) is 62.9 Å². The zero-order chi connectivity index (χ0) is 31.2. The second-order valence-electron chi connectivity index (χ2n) is 13.4. The van der Waals surface area contributed by atoms with Crippen molar-refractivity contribution in [1.29, 1.82) is 0 Å². The molecule has 238 valence electrons. The third-order valence-electron chi connectivity index (χ3n) is 10.5. The zero-order valence-corrected chi connectivity index (χ0v) is 27.0. The highest BCUT2D eigenvalue weighted by atomic mass is 32.2. The number of piperazine rings is 1. The molecule has 1 amide bonds. The molecular weight excluding hydrogens is 579 g/mol. The van der Waals surface area contributed by atoms with E-state index in [-0.39, 0.29) is 34.5 Å². The number of likely N-dealkylation sites (tertiary alicyclic amines) is 1. The number of rotatable bonds is 7. The van der Waals surface area contributed by atoms with E-state index >= 15 is 0 Å². The topological polar surface area (TPSA) is 89.9 Å². The van der Waals surface area contributed by atoms with Crippen LogP contribution in [0.25, 0.3) is 0 Å². The fourth-order valence-corrected chi connectivity index (χ4v) is 9.43. The number of carbonyl (C=O) groups excluding carboxylic acids is 1. The number of sulfonamides is 1. The van der Waals surface area contributed by atoms with Gasteiger partial charge in [-0.25, -0.2) is 27.1 Å². The first-order chi connectivity index (χ1) is 21.0. The van der Waals surface area contributed by atoms with Crippen molar-refractivity contribution in [3.8, 4) is 0 Å². The molecule has 3 saturated heterocycles. The summed E-state index contributed by atoms with van der Waals surface area (Å²) >= 11 is 0. The van der Waals surface area contributed by atoms with Gasteiger partial charge in [-0.05, 0) is 82.9 Å². The molecule has 1 atom stereocenters. The minimum Gasteiger partial charge on any atom is -0.366 e. The van der Waals surface area contributed by atoms with Crippen molar-refractivity contribution >= 4 is 15.9 Å². The molecule has 0 radical (unpaired) electrons. The first-order valence-electron chi connectivity index (χ1n) is 16.0. The first kappa shape index (κ1) is 31.1. The lowest BCUT2D eigenvalue weighted by Gasteiger charge is -2.53. The Balaban J connectivity index is 1.13. The van der Waals surface area contributed by atoms with Crippen molar-refractivity contribution in [3.63, 3.8) is 0 Å². The number of carbonyl (C=O) groups is 1. The smallest absolute Gasteiger partial charge is 0.257 e. The Morgan fingerprint density at radius 2 is 1.66 bits per heavy atom. The van der Waals surface area contributed by atoms with E-state index in [0.29, 0.717) is 49.7 Å². The fraction of sp³-hybridized carbons (Fsp3) is 0.606. The van der Waals surface area contributed by atoms with Crippen molar-refractivity contribution in [2.24, 2.45) is 5.92 Å². The Morgan fingerprint density at radius 1 is 1.00 bits per heavy atom. The van der Waals surface area contributed by atoms with Crippen LogP contribution in [-0.4, -0.2) is 99.9 Å². The Bertz CT molecular complexity index is 1490. The van der Waals surface area contributed by atoms with Crippen molar-refractivity contribution in [2.45, 2.75) is 76.1 Å². The lowest BCUT2D eigenvalue weighted by molar-refractivity contribution is 0.00243. The van der Waals surface area contributed by atoms with Gasteiger partial charge in [0.1, 0.15) is 12.1 Å². The summed E-state index contributed by atoms with van der Waals surface area (Å²) in [7, 11) is -3.20. The maximum Gasteiger partial charge on any atom is 0.257 e. The van der Waals surface area contributed by atoms with E-state index in [1.54, 1.807) is 16.4 Å². The average molecular weight is 625 g/mol. The van der Waals surface area contributed by atoms with E-state index in [1.165, 1.54) is 12.4 Å². The summed E-state index contributed by atoms with van der Waals surface area (Å²) in [5, 5.41) is -0.196. The van der Waals surface area contributed by atoms with Gasteiger partial charge in [0, 0.05) is 57.0 Å². The summed E-state index contributed by atoms with van der Waals surface area (Å²) in [6.07, 6.45) is 6.25. The van der Waals surface area contributed by atoms with Crippen LogP contribution in [0.2, 0.25) is 0 Å². The van der Waals surface area contributed by atoms with Crippen LogP contribution < -0.4 is 0 Å². The number of hydrogen-bond donors (Lipinski definition) is 0. The van der Waals surface area contributed by atoms with Gasteiger partial charge in [-0.2, -0.15) is 0 Å². The highest BCUT2D eigenvalue weighted by Crippen LogP contribution is 2.42. The summed E-state index contributed by atoms with van der Waals surface area (Å²) in [6, 6.07) is 6.81. The summed E-state index contributed by atoms with van der Waals surface area (Å²) in [5.74, 6) is -0.0537. The third kappa shape index (κ3) is 6.02. The van der Waals surface area contributed by atoms with Gasteiger partial charge < -0.3 is 9.80 Å². The van der Waals surface area contributed by atoms with Gasteiger partial charge >= 0.3 is 0 Å². The SMILES string of the molecule is C=C1CN(C2(C)CCN(C(=O)c3c(C)ncnc3C)CC2)CCN1C(c1cccc(F)c1)C1CCN(S(=O)(=O)C2CC2)CC1. The Labute approximate surface area is 261 Å². The first-order valence-corrected chi connectivity index (χ1v) is 17.5. The molecule has 0 bridgehead atoms. The lowest BCUT2D eigenvalue weighted by Crippen LogP contribution is -2.59. The van der Waals surface area contributed by atoms with Crippen LogP contribution in [0.3, 0.4) is 0 Å². The number of hydrogen-bond acceptors (Lipinski definition) is 7. The van der Waals surface area contributed by atoms with Gasteiger partial charge in [0.25, 0.3) is 5.91 Å². The molecule has 4 heterocycles. The molecule has 1 aromatic heterocycles. The van der Waals surface area contributed by atoms with Crippen molar-refractivity contribution in [3.05, 3.63) is 71.2 Å². The summed E-state index contributed by atoms with van der Waals surface area (Å²) in [5.41, 5.74) is 3.90. The molecule has 4 aliphatic rings. The molecule has 2 aromatic rings. The minimum absolute atomic E-state index is 0.00536. The van der Waals surface area contributed by atoms with E-state index in [1.807, 2.05) is 24.8 Å². The highest BCUT2D eigenvalue weighted by molar-refractivity contribution is 7.90. The molecule has 0 spiro atoms. The standard InChI is InChI=1S/C33H45FN6O3S/c1-23-21-38(33(4)12-16-37(17-13-33)32(41)30-24(2)35-22-36-25(30)3)18-19-40(23)31(27-6-5-7-28(34)20-27)26-10-14-39(15-11-26)44(42,43)29-8-9-29/h5-7,20,22,26,29,31H,1,8-19,21H2,2-4H3. The maximum absolute atomic E-state index is 14.5. The Morgan fingerprint density at radius 3 is 2.25 bits per heavy atom. The molecule has 11 heteroatoms. The third-order valence-corrected chi connectivity index (χ3v) is 12.9. The van der Waals surface area contributed by atoms with Crippen molar-refractivity contribution in [2.75, 3.05) is 45.8 Å². The lowest BCUT2D eigenvalue weighted by atomic mass is 9.83. The second-order valence-corrected chi connectivity index (χ2v) is 15.6. The van der Waals surface area contributed by atoms with E-state index < -0.39 is 10.0 Å². The number of amides is 1. The molecular formula is C33H45FN6O3S. The van der Waals surface area contributed by atoms with Crippen LogP contribution in [0.5, 0.6) is 0 Å². The Kier molecular flexibility index (Phi) is 8.58. The zero-order valence-electron chi connectivity index (χ0n) is 26.2. The molecule has 9 nitrogen and oxygen atoms in total. The molecule has 0 N–H and O–H groups in total. The molecule has 6 rings (SSSR count). The van der Waals surface area contributed by atoms with E-state index in [2.05, 4.69) is 33.3 Å². The highest BCUT2D eigenvalue weighted by Gasteiger charge is 2.44. The minimum atomic E-state index is -3.20. The van der Waals surface area contributed by atoms with Crippen LogP contribution in [0.15, 0.2) is 42.9 Å². The van der Waals surface area contributed by atoms with Gasteiger partial charge in [0.15, 0.2) is 0 Å². The number of nitrogens with zero attached hydrogens (tertiary/aromatic N) is 6. The molecule has 1 saturated carbocycles. The fourth-order valence-electron chi connectivity index (χ4n) is 7.56. The maximum atomic E-state index is 14.5.